The summed E-state index contributed by atoms with van der Waals surface area (Å²) in [6, 6.07) is 59.9. The molecular weight excluding hydrogens is 841 g/mol. The van der Waals surface area contributed by atoms with Crippen molar-refractivity contribution in [3.63, 3.8) is 0 Å². The molecule has 0 unspecified atom stereocenters. The van der Waals surface area contributed by atoms with E-state index >= 15 is 0 Å². The highest BCUT2D eigenvalue weighted by molar-refractivity contribution is 7.25. The fourth-order valence-electron chi connectivity index (χ4n) is 10.7. The third-order valence-electron chi connectivity index (χ3n) is 14.5. The van der Waals surface area contributed by atoms with Crippen molar-refractivity contribution >= 4 is 53.4 Å². The van der Waals surface area contributed by atoms with E-state index in [0.717, 1.165) is 24.0 Å². The molecule has 68 heavy (non-hydrogen) atoms. The molecule has 2 heterocycles. The highest BCUT2D eigenvalue weighted by atomic mass is 32.1. The van der Waals surface area contributed by atoms with Gasteiger partial charge in [0.05, 0.1) is 0 Å². The van der Waals surface area contributed by atoms with Gasteiger partial charge in [-0.3, -0.25) is 0 Å². The summed E-state index contributed by atoms with van der Waals surface area (Å²) in [6.07, 6.45) is 17.9. The Morgan fingerprint density at radius 3 is 1.68 bits per heavy atom. The number of aryl methyl sites for hydroxylation is 4. The molecular formula is C66H66OS. The first-order chi connectivity index (χ1) is 33.4. The van der Waals surface area contributed by atoms with Gasteiger partial charge in [0.25, 0.3) is 0 Å². The maximum Gasteiger partial charge on any atom is 0.136 e. The van der Waals surface area contributed by atoms with E-state index in [0.29, 0.717) is 0 Å². The second-order valence-electron chi connectivity index (χ2n) is 19.5. The van der Waals surface area contributed by atoms with Gasteiger partial charge in [-0.2, -0.15) is 0 Å². The van der Waals surface area contributed by atoms with Crippen LogP contribution >= 0.6 is 11.3 Å². The van der Waals surface area contributed by atoms with E-state index in [4.69, 9.17) is 4.42 Å². The van der Waals surface area contributed by atoms with Crippen molar-refractivity contribution in [2.24, 2.45) is 0 Å². The summed E-state index contributed by atoms with van der Waals surface area (Å²) in [7, 11) is 0. The number of hydrogen-bond acceptors (Lipinski definition) is 2. The smallest absolute Gasteiger partial charge is 0.136 e. The van der Waals surface area contributed by atoms with Crippen LogP contribution in [0.4, 0.5) is 0 Å². The number of benzene rings is 8. The van der Waals surface area contributed by atoms with Crippen LogP contribution in [0.2, 0.25) is 0 Å². The highest BCUT2D eigenvalue weighted by Crippen LogP contribution is 2.43. The van der Waals surface area contributed by atoms with Crippen molar-refractivity contribution in [1.82, 2.24) is 0 Å². The van der Waals surface area contributed by atoms with Crippen molar-refractivity contribution in [2.75, 3.05) is 0 Å². The van der Waals surface area contributed by atoms with Crippen LogP contribution in [0.3, 0.4) is 0 Å². The molecule has 0 atom stereocenters. The normalized spacial score (nSPS) is 11.8. The lowest BCUT2D eigenvalue weighted by Gasteiger charge is -2.18. The van der Waals surface area contributed by atoms with Gasteiger partial charge in [-0.25, -0.2) is 0 Å². The molecule has 0 fully saturated rings. The lowest BCUT2D eigenvalue weighted by Crippen LogP contribution is -1.99. The summed E-state index contributed by atoms with van der Waals surface area (Å²) in [5, 5.41) is 4.95. The van der Waals surface area contributed by atoms with Crippen LogP contribution in [-0.2, 0) is 12.8 Å². The number of thiophene rings is 1. The predicted octanol–water partition coefficient (Wildman–Crippen LogP) is 20.7. The fraction of sp³-hybridized carbons (Fsp3) is 0.273. The molecule has 1 nitrogen and oxygen atoms in total. The van der Waals surface area contributed by atoms with E-state index in [1.165, 1.54) is 186 Å². The van der Waals surface area contributed by atoms with Crippen molar-refractivity contribution in [3.05, 3.63) is 180 Å². The molecule has 0 spiro atoms. The van der Waals surface area contributed by atoms with E-state index < -0.39 is 0 Å². The van der Waals surface area contributed by atoms with Crippen molar-refractivity contribution in [1.29, 1.82) is 0 Å². The molecule has 0 saturated heterocycles. The molecule has 0 bridgehead atoms. The van der Waals surface area contributed by atoms with Gasteiger partial charge in [0.1, 0.15) is 11.2 Å². The SMILES string of the molecule is CCCCCCCCc1cc(-c2cc(-c3cccc(-c4ccccc4-c4cccc(C)c4)c3)cc(-c3ccc4sc5cc6oc7ccccc7c6cc5c4c3)c2)c(CCCCCCCC)cc1C. The summed E-state index contributed by atoms with van der Waals surface area (Å²) in [5.74, 6) is 0. The molecule has 10 rings (SSSR count). The standard InChI is InChI=1S/C66H66OS/c1-5-7-9-11-13-15-24-47-41-59(51(36-46(47)4)25-16-14-12-10-8-6-2)55-39-53(48-26-22-28-52(37-48)57-30-18-17-29-56(57)50-27-21-23-45(3)35-50)38-54(40-55)49-33-34-65-61(42-49)62-43-60-58-31-19-20-32-63(58)67-64(60)44-66(62)68-65/h17-23,26-44H,5-16,24-25H2,1-4H3. The average Bonchev–Trinajstić information content (AvgIpc) is 3.92. The van der Waals surface area contributed by atoms with Crippen LogP contribution in [0.25, 0.3) is 97.7 Å². The number of para-hydroxylation sites is 1. The first kappa shape index (κ1) is 45.6. The first-order valence-corrected chi connectivity index (χ1v) is 26.6. The average molecular weight is 907 g/mol. The predicted molar refractivity (Wildman–Crippen MR) is 297 cm³/mol. The minimum atomic E-state index is 0.944. The van der Waals surface area contributed by atoms with Gasteiger partial charge in [0, 0.05) is 30.9 Å². The number of hydrogen-bond donors (Lipinski definition) is 0. The zero-order chi connectivity index (χ0) is 46.4. The molecule has 342 valence electrons. The van der Waals surface area contributed by atoms with Crippen LogP contribution in [0, 0.1) is 13.8 Å². The molecule has 2 aromatic heterocycles. The zero-order valence-corrected chi connectivity index (χ0v) is 41.5. The van der Waals surface area contributed by atoms with Crippen LogP contribution in [0.15, 0.2) is 162 Å². The van der Waals surface area contributed by atoms with Gasteiger partial charge in [-0.15, -0.1) is 11.3 Å². The molecule has 10 aromatic rings. The molecule has 0 N–H and O–H groups in total. The molecule has 0 saturated carbocycles. The number of rotatable bonds is 19. The number of furan rings is 1. The first-order valence-electron chi connectivity index (χ1n) is 25.8. The molecule has 8 aromatic carbocycles. The van der Waals surface area contributed by atoms with Crippen molar-refractivity contribution in [2.45, 2.75) is 118 Å². The van der Waals surface area contributed by atoms with Gasteiger partial charge in [-0.05, 0) is 166 Å². The van der Waals surface area contributed by atoms with Gasteiger partial charge in [-0.1, -0.05) is 187 Å². The lowest BCUT2D eigenvalue weighted by atomic mass is 9.86. The van der Waals surface area contributed by atoms with Crippen molar-refractivity contribution < 1.29 is 4.42 Å². The van der Waals surface area contributed by atoms with E-state index in [1.807, 2.05) is 11.3 Å². The van der Waals surface area contributed by atoms with Gasteiger partial charge < -0.3 is 4.42 Å². The van der Waals surface area contributed by atoms with Gasteiger partial charge in [0.15, 0.2) is 0 Å². The summed E-state index contributed by atoms with van der Waals surface area (Å²) in [4.78, 5) is 0. The largest absolute Gasteiger partial charge is 0.456 e. The minimum Gasteiger partial charge on any atom is -0.456 e. The Balaban J connectivity index is 1.11. The Labute approximate surface area is 408 Å². The number of unbranched alkanes of at least 4 members (excludes halogenated alkanes) is 10. The Bertz CT molecular complexity index is 3360. The molecule has 0 aliphatic heterocycles. The fourth-order valence-corrected chi connectivity index (χ4v) is 11.8. The second-order valence-corrected chi connectivity index (χ2v) is 20.6. The van der Waals surface area contributed by atoms with Gasteiger partial charge in [0.2, 0.25) is 0 Å². The monoisotopic (exact) mass is 906 g/mol. The Hall–Kier alpha value is -6.22. The minimum absolute atomic E-state index is 0.944. The topological polar surface area (TPSA) is 13.1 Å². The van der Waals surface area contributed by atoms with Gasteiger partial charge >= 0.3 is 0 Å². The molecule has 0 amide bonds. The second kappa shape index (κ2) is 21.0. The Kier molecular flexibility index (Phi) is 14.0. The Morgan fingerprint density at radius 1 is 0.353 bits per heavy atom. The van der Waals surface area contributed by atoms with E-state index in [9.17, 15) is 0 Å². The maximum atomic E-state index is 6.35. The van der Waals surface area contributed by atoms with E-state index in [2.05, 4.69) is 185 Å². The molecule has 0 radical (unpaired) electrons. The van der Waals surface area contributed by atoms with Crippen molar-refractivity contribution in [3.8, 4) is 55.6 Å². The van der Waals surface area contributed by atoms with Crippen LogP contribution in [0.1, 0.15) is 113 Å². The molecule has 0 aliphatic carbocycles. The van der Waals surface area contributed by atoms with Crippen LogP contribution < -0.4 is 0 Å². The van der Waals surface area contributed by atoms with E-state index in [-0.39, 0.29) is 0 Å². The highest BCUT2D eigenvalue weighted by Gasteiger charge is 2.17. The summed E-state index contributed by atoms with van der Waals surface area (Å²) in [5.41, 5.74) is 20.3. The number of fused-ring (bicyclic) bond motifs is 6. The summed E-state index contributed by atoms with van der Waals surface area (Å²) >= 11 is 1.86. The lowest BCUT2D eigenvalue weighted by molar-refractivity contribution is 0.605. The molecule has 2 heteroatoms. The van der Waals surface area contributed by atoms with E-state index in [1.54, 1.807) is 0 Å². The third kappa shape index (κ3) is 9.85. The van der Waals surface area contributed by atoms with Crippen LogP contribution in [-0.4, -0.2) is 0 Å². The zero-order valence-electron chi connectivity index (χ0n) is 40.7. The third-order valence-corrected chi connectivity index (χ3v) is 15.6. The summed E-state index contributed by atoms with van der Waals surface area (Å²) < 4.78 is 8.91. The quantitative estimate of drug-likeness (QED) is 0.0737. The van der Waals surface area contributed by atoms with Crippen LogP contribution in [0.5, 0.6) is 0 Å². The maximum absolute atomic E-state index is 6.35. The Morgan fingerprint density at radius 2 is 0.941 bits per heavy atom. The summed E-state index contributed by atoms with van der Waals surface area (Å²) in [6.45, 7) is 9.16. The molecule has 0 aliphatic rings.